The van der Waals surface area contributed by atoms with Gasteiger partial charge in [0.15, 0.2) is 0 Å². The molecule has 0 aliphatic carbocycles. The van der Waals surface area contributed by atoms with Crippen molar-refractivity contribution >= 4 is 28.4 Å². The summed E-state index contributed by atoms with van der Waals surface area (Å²) in [6.45, 7) is 7.81. The maximum atomic E-state index is 12.0. The normalized spacial score (nSPS) is 27.6. The molecule has 2 aliphatic heterocycles. The second-order valence-electron chi connectivity index (χ2n) is 6.72. The first kappa shape index (κ1) is 17.2. The minimum absolute atomic E-state index is 0.168. The van der Waals surface area contributed by atoms with E-state index in [0.717, 1.165) is 5.75 Å². The van der Waals surface area contributed by atoms with E-state index in [1.807, 2.05) is 0 Å². The number of carbonyl (C=O) groups is 1. The lowest BCUT2D eigenvalue weighted by Gasteiger charge is -2.52. The van der Waals surface area contributed by atoms with Crippen molar-refractivity contribution in [3.8, 4) is 5.75 Å². The maximum absolute atomic E-state index is 12.0. The molecule has 3 rings (SSSR count). The molecule has 0 N–H and O–H groups in total. The molecular formula is C18H24INO3. The molecule has 0 saturated carbocycles. The molecule has 0 aromatic heterocycles. The van der Waals surface area contributed by atoms with E-state index < -0.39 is 0 Å². The van der Waals surface area contributed by atoms with Gasteiger partial charge in [-0.25, -0.2) is 0 Å². The Bertz CT molecular complexity index is 613. The van der Waals surface area contributed by atoms with E-state index in [1.54, 1.807) is 7.11 Å². The van der Waals surface area contributed by atoms with Crippen LogP contribution >= 0.6 is 22.6 Å². The molecule has 0 amide bonds. The van der Waals surface area contributed by atoms with Crippen LogP contribution in [-0.2, 0) is 13.1 Å². The van der Waals surface area contributed by atoms with E-state index >= 15 is 0 Å². The van der Waals surface area contributed by atoms with Crippen LogP contribution in [0, 0.1) is 13.8 Å². The van der Waals surface area contributed by atoms with Gasteiger partial charge in [0.25, 0.3) is 0 Å². The smallest absolute Gasteiger partial charge is 0.136 e. The average Bonchev–Trinajstić information content (AvgIpc) is 2.48. The van der Waals surface area contributed by atoms with Gasteiger partial charge in [-0.05, 0) is 43.5 Å². The number of rotatable bonds is 3. The summed E-state index contributed by atoms with van der Waals surface area (Å²) < 4.78 is 11.0. The van der Waals surface area contributed by atoms with E-state index in [4.69, 9.17) is 9.47 Å². The van der Waals surface area contributed by atoms with Gasteiger partial charge >= 0.3 is 0 Å². The van der Waals surface area contributed by atoms with Gasteiger partial charge < -0.3 is 9.47 Å². The fourth-order valence-corrected chi connectivity index (χ4v) is 5.43. The molecule has 5 heteroatoms. The van der Waals surface area contributed by atoms with E-state index in [0.29, 0.717) is 31.8 Å². The van der Waals surface area contributed by atoms with E-state index in [2.05, 4.69) is 60.4 Å². The van der Waals surface area contributed by atoms with E-state index in [-0.39, 0.29) is 15.6 Å². The molecule has 1 aromatic carbocycles. The number of benzene rings is 1. The zero-order valence-corrected chi connectivity index (χ0v) is 16.3. The standard InChI is InChI=1S/C18H24INO3/c1-11-12(2)17(22-4)6-5-16(11)18(3,19)20-13-7-15(21)8-14(20)10-23-9-13/h5-6,13-14H,7-10H2,1-4H3. The number of piperidine rings is 1. The summed E-state index contributed by atoms with van der Waals surface area (Å²) in [6.07, 6.45) is 1.20. The highest BCUT2D eigenvalue weighted by Crippen LogP contribution is 2.45. The lowest BCUT2D eigenvalue weighted by Crippen LogP contribution is -2.62. The van der Waals surface area contributed by atoms with Crippen LogP contribution in [0.1, 0.15) is 36.5 Å². The van der Waals surface area contributed by atoms with Gasteiger partial charge in [-0.2, -0.15) is 0 Å². The Morgan fingerprint density at radius 3 is 2.39 bits per heavy atom. The van der Waals surface area contributed by atoms with Crippen molar-refractivity contribution in [3.63, 3.8) is 0 Å². The number of morpholine rings is 1. The van der Waals surface area contributed by atoms with E-state index in [1.165, 1.54) is 16.7 Å². The predicted octanol–water partition coefficient (Wildman–Crippen LogP) is 3.35. The summed E-state index contributed by atoms with van der Waals surface area (Å²) in [4.78, 5) is 14.5. The summed E-state index contributed by atoms with van der Waals surface area (Å²) in [7, 11) is 1.71. The van der Waals surface area contributed by atoms with Gasteiger partial charge in [0, 0.05) is 24.9 Å². The SMILES string of the molecule is COc1ccc(C(C)(I)N2C3COCC2CC(=O)C3)c(C)c1C. The quantitative estimate of drug-likeness (QED) is 0.420. The first-order valence-corrected chi connectivity index (χ1v) is 9.15. The number of ether oxygens (including phenoxy) is 2. The number of fused-ring (bicyclic) bond motifs is 2. The molecule has 2 saturated heterocycles. The van der Waals surface area contributed by atoms with Gasteiger partial charge in [-0.3, -0.25) is 9.69 Å². The van der Waals surface area contributed by atoms with Crippen molar-refractivity contribution in [1.29, 1.82) is 0 Å². The Balaban J connectivity index is 2.01. The minimum Gasteiger partial charge on any atom is -0.496 e. The third-order valence-electron chi connectivity index (χ3n) is 5.27. The molecule has 1 aromatic rings. The van der Waals surface area contributed by atoms with Crippen LogP contribution in [0.5, 0.6) is 5.75 Å². The topological polar surface area (TPSA) is 38.8 Å². The maximum Gasteiger partial charge on any atom is 0.136 e. The van der Waals surface area contributed by atoms with Crippen molar-refractivity contribution in [2.45, 2.75) is 49.2 Å². The average molecular weight is 429 g/mol. The highest BCUT2D eigenvalue weighted by Gasteiger charge is 2.47. The van der Waals surface area contributed by atoms with Gasteiger partial charge in [0.1, 0.15) is 11.5 Å². The monoisotopic (exact) mass is 429 g/mol. The summed E-state index contributed by atoms with van der Waals surface area (Å²) in [5.74, 6) is 1.30. The summed E-state index contributed by atoms with van der Waals surface area (Å²) in [5, 5.41) is 0. The van der Waals surface area contributed by atoms with Crippen molar-refractivity contribution in [1.82, 2.24) is 4.90 Å². The molecule has 2 aliphatic rings. The Morgan fingerprint density at radius 1 is 1.22 bits per heavy atom. The number of alkyl halides is 1. The number of Topliss-reactive ketones (excluding diaryl/α,β-unsaturated/α-hetero) is 1. The number of methoxy groups -OCH3 is 1. The Labute approximate surface area is 151 Å². The van der Waals surface area contributed by atoms with Crippen LogP contribution in [-0.4, -0.2) is 43.1 Å². The molecule has 3 atom stereocenters. The van der Waals surface area contributed by atoms with Crippen molar-refractivity contribution in [2.24, 2.45) is 0 Å². The van der Waals surface area contributed by atoms with Crippen molar-refractivity contribution in [2.75, 3.05) is 20.3 Å². The summed E-state index contributed by atoms with van der Waals surface area (Å²) >= 11 is 2.54. The second-order valence-corrected chi connectivity index (χ2v) is 8.82. The third kappa shape index (κ3) is 2.91. The lowest BCUT2D eigenvalue weighted by atomic mass is 9.88. The number of hydrogen-bond acceptors (Lipinski definition) is 4. The fraction of sp³-hybridized carbons (Fsp3) is 0.611. The number of nitrogens with zero attached hydrogens (tertiary/aromatic N) is 1. The molecule has 0 spiro atoms. The highest BCUT2D eigenvalue weighted by molar-refractivity contribution is 14.1. The molecule has 23 heavy (non-hydrogen) atoms. The van der Waals surface area contributed by atoms with Gasteiger partial charge in [-0.15, -0.1) is 0 Å². The molecule has 0 radical (unpaired) electrons. The summed E-state index contributed by atoms with van der Waals surface area (Å²) in [6, 6.07) is 4.58. The van der Waals surface area contributed by atoms with Crippen LogP contribution in [0.3, 0.4) is 0 Å². The van der Waals surface area contributed by atoms with Crippen LogP contribution in [0.25, 0.3) is 0 Å². The number of halogens is 1. The molecule has 4 nitrogen and oxygen atoms in total. The van der Waals surface area contributed by atoms with Crippen LogP contribution in [0.4, 0.5) is 0 Å². The largest absolute Gasteiger partial charge is 0.496 e. The number of hydrogen-bond donors (Lipinski definition) is 0. The first-order chi connectivity index (χ1) is 10.9. The molecule has 2 fully saturated rings. The fourth-order valence-electron chi connectivity index (χ4n) is 4.06. The zero-order chi connectivity index (χ0) is 16.8. The molecule has 126 valence electrons. The Morgan fingerprint density at radius 2 is 1.83 bits per heavy atom. The Hall–Kier alpha value is -0.660. The van der Waals surface area contributed by atoms with Crippen LogP contribution in [0.2, 0.25) is 0 Å². The number of ketones is 1. The van der Waals surface area contributed by atoms with E-state index in [9.17, 15) is 4.79 Å². The minimum atomic E-state index is -0.168. The molecular weight excluding hydrogens is 405 g/mol. The number of carbonyl (C=O) groups excluding carboxylic acids is 1. The molecule has 2 heterocycles. The summed E-state index contributed by atoms with van der Waals surface area (Å²) in [5.41, 5.74) is 3.74. The van der Waals surface area contributed by atoms with Crippen molar-refractivity contribution in [3.05, 3.63) is 28.8 Å². The molecule has 2 bridgehead atoms. The predicted molar refractivity (Wildman–Crippen MR) is 98.3 cm³/mol. The third-order valence-corrected chi connectivity index (χ3v) is 6.41. The van der Waals surface area contributed by atoms with Crippen LogP contribution in [0.15, 0.2) is 12.1 Å². The highest BCUT2D eigenvalue weighted by atomic mass is 127. The lowest BCUT2D eigenvalue weighted by molar-refractivity contribution is -0.140. The Kier molecular flexibility index (Phi) is 4.73. The van der Waals surface area contributed by atoms with Gasteiger partial charge in [0.05, 0.1) is 23.9 Å². The van der Waals surface area contributed by atoms with Crippen LogP contribution < -0.4 is 4.74 Å². The van der Waals surface area contributed by atoms with Crippen molar-refractivity contribution < 1.29 is 14.3 Å². The van der Waals surface area contributed by atoms with Gasteiger partial charge in [-0.1, -0.05) is 28.7 Å². The second kappa shape index (κ2) is 6.33. The first-order valence-electron chi connectivity index (χ1n) is 8.07. The zero-order valence-electron chi connectivity index (χ0n) is 14.2. The molecule has 3 unspecified atom stereocenters. The van der Waals surface area contributed by atoms with Gasteiger partial charge in [0.2, 0.25) is 0 Å².